The lowest BCUT2D eigenvalue weighted by molar-refractivity contribution is -0.120. The lowest BCUT2D eigenvalue weighted by atomic mass is 10.1. The highest BCUT2D eigenvalue weighted by Gasteiger charge is 2.42. The molecule has 3 rings (SSSR count). The van der Waals surface area contributed by atoms with E-state index in [2.05, 4.69) is 0 Å². The number of rotatable bonds is 2. The van der Waals surface area contributed by atoms with Gasteiger partial charge in [0.2, 0.25) is 0 Å². The second kappa shape index (κ2) is 5.16. The van der Waals surface area contributed by atoms with Crippen molar-refractivity contribution in [1.29, 1.82) is 0 Å². The fraction of sp³-hybridized carbons (Fsp3) is 0.154. The van der Waals surface area contributed by atoms with Crippen LogP contribution in [0.4, 0.5) is 5.69 Å². The van der Waals surface area contributed by atoms with Gasteiger partial charge in [-0.1, -0.05) is 6.07 Å². The standard InChI is InChI=1S/C13H11IN2O5S/c1-21-10-3-2-8-6-12(17)11(5-9(8)4-10)15-7-13(18)16(14)22(15,19)20/h2-6,17H,7H2,1H3. The molecule has 0 aliphatic carbocycles. The number of phenolic OH excluding ortho intramolecular Hbond substituents is 1. The third-order valence-corrected chi connectivity index (χ3v) is 6.89. The van der Waals surface area contributed by atoms with E-state index in [9.17, 15) is 18.3 Å². The maximum atomic E-state index is 12.2. The predicted molar refractivity (Wildman–Crippen MR) is 89.3 cm³/mol. The summed E-state index contributed by atoms with van der Waals surface area (Å²) < 4.78 is 31.1. The van der Waals surface area contributed by atoms with E-state index in [0.717, 1.165) is 9.69 Å². The summed E-state index contributed by atoms with van der Waals surface area (Å²) in [5.41, 5.74) is 0.0632. The number of hydrogen-bond acceptors (Lipinski definition) is 5. The average Bonchev–Trinajstić information content (AvgIpc) is 2.69. The van der Waals surface area contributed by atoms with Gasteiger partial charge in [0.15, 0.2) is 0 Å². The van der Waals surface area contributed by atoms with Crippen LogP contribution in [0.2, 0.25) is 0 Å². The number of anilines is 1. The van der Waals surface area contributed by atoms with Crippen molar-refractivity contribution in [3.05, 3.63) is 30.3 Å². The lowest BCUT2D eigenvalue weighted by Gasteiger charge is -2.18. The number of methoxy groups -OCH3 is 1. The van der Waals surface area contributed by atoms with Crippen molar-refractivity contribution < 1.29 is 23.1 Å². The number of fused-ring (bicyclic) bond motifs is 1. The summed E-state index contributed by atoms with van der Waals surface area (Å²) in [4.78, 5) is 11.6. The number of aromatic hydroxyl groups is 1. The van der Waals surface area contributed by atoms with Gasteiger partial charge >= 0.3 is 10.2 Å². The van der Waals surface area contributed by atoms with Gasteiger partial charge in [-0.25, -0.2) is 4.31 Å². The van der Waals surface area contributed by atoms with Crippen molar-refractivity contribution in [2.45, 2.75) is 0 Å². The number of halogens is 1. The van der Waals surface area contributed by atoms with Gasteiger partial charge in [-0.15, -0.1) is 0 Å². The van der Waals surface area contributed by atoms with Gasteiger partial charge in [0.1, 0.15) is 18.0 Å². The van der Waals surface area contributed by atoms with Crippen LogP contribution in [0, 0.1) is 0 Å². The minimum absolute atomic E-state index is 0.0632. The summed E-state index contributed by atoms with van der Waals surface area (Å²) in [5.74, 6) is -0.161. The summed E-state index contributed by atoms with van der Waals surface area (Å²) in [6, 6.07) is 8.20. The van der Waals surface area contributed by atoms with Gasteiger partial charge in [0.25, 0.3) is 5.91 Å². The molecule has 1 amide bonds. The molecule has 0 unspecified atom stereocenters. The highest BCUT2D eigenvalue weighted by molar-refractivity contribution is 14.1. The topological polar surface area (TPSA) is 87.2 Å². The van der Waals surface area contributed by atoms with Gasteiger partial charge < -0.3 is 9.84 Å². The number of carbonyl (C=O) groups is 1. The number of benzene rings is 2. The van der Waals surface area contributed by atoms with Crippen molar-refractivity contribution >= 4 is 55.4 Å². The molecule has 9 heteroatoms. The first kappa shape index (κ1) is 15.2. The zero-order valence-corrected chi connectivity index (χ0v) is 14.3. The minimum atomic E-state index is -3.96. The Kier molecular flexibility index (Phi) is 3.56. The van der Waals surface area contributed by atoms with Crippen LogP contribution in [0.25, 0.3) is 10.8 Å². The van der Waals surface area contributed by atoms with Gasteiger partial charge in [-0.3, -0.25) is 4.79 Å². The summed E-state index contributed by atoms with van der Waals surface area (Å²) in [6.45, 7) is -0.339. The van der Waals surface area contributed by atoms with Crippen LogP contribution in [-0.2, 0) is 15.0 Å². The second-order valence-corrected chi connectivity index (χ2v) is 8.00. The molecular formula is C13H11IN2O5S. The van der Waals surface area contributed by atoms with Crippen LogP contribution in [0.15, 0.2) is 30.3 Å². The van der Waals surface area contributed by atoms with Crippen LogP contribution >= 0.6 is 22.9 Å². The molecule has 7 nitrogen and oxygen atoms in total. The van der Waals surface area contributed by atoms with E-state index >= 15 is 0 Å². The Hall–Kier alpha value is -1.75. The van der Waals surface area contributed by atoms with Crippen molar-refractivity contribution in [2.24, 2.45) is 0 Å². The second-order valence-electron chi connectivity index (χ2n) is 4.68. The monoisotopic (exact) mass is 434 g/mol. The number of hydrogen-bond donors (Lipinski definition) is 1. The smallest absolute Gasteiger partial charge is 0.337 e. The normalized spacial score (nSPS) is 17.3. The summed E-state index contributed by atoms with van der Waals surface area (Å²) >= 11 is 1.44. The van der Waals surface area contributed by atoms with E-state index in [1.807, 2.05) is 0 Å². The van der Waals surface area contributed by atoms with Crippen molar-refractivity contribution in [1.82, 2.24) is 2.52 Å². The number of phenols is 1. The Morgan fingerprint density at radius 3 is 2.55 bits per heavy atom. The molecule has 22 heavy (non-hydrogen) atoms. The van der Waals surface area contributed by atoms with Crippen LogP contribution in [-0.4, -0.2) is 35.6 Å². The van der Waals surface area contributed by atoms with E-state index in [-0.39, 0.29) is 18.0 Å². The largest absolute Gasteiger partial charge is 0.506 e. The Balaban J connectivity index is 2.19. The first-order valence-electron chi connectivity index (χ1n) is 6.17. The average molecular weight is 434 g/mol. The molecule has 0 bridgehead atoms. The maximum Gasteiger partial charge on any atom is 0.337 e. The van der Waals surface area contributed by atoms with E-state index < -0.39 is 16.1 Å². The number of ether oxygens (including phenoxy) is 1. The Morgan fingerprint density at radius 2 is 1.95 bits per heavy atom. The molecule has 1 aliphatic rings. The highest BCUT2D eigenvalue weighted by Crippen LogP contribution is 2.38. The fourth-order valence-corrected chi connectivity index (χ4v) is 4.21. The molecule has 0 spiro atoms. The first-order chi connectivity index (χ1) is 10.3. The number of carbonyl (C=O) groups excluding carboxylic acids is 1. The van der Waals surface area contributed by atoms with Crippen molar-refractivity contribution in [3.63, 3.8) is 0 Å². The molecular weight excluding hydrogens is 423 g/mol. The van der Waals surface area contributed by atoms with Gasteiger partial charge in [-0.05, 0) is 35.0 Å². The number of nitrogens with zero attached hydrogens (tertiary/aromatic N) is 2. The first-order valence-corrected chi connectivity index (χ1v) is 8.53. The zero-order valence-electron chi connectivity index (χ0n) is 11.4. The molecule has 2 aromatic carbocycles. The number of amides is 1. The molecule has 1 aliphatic heterocycles. The van der Waals surface area contributed by atoms with Gasteiger partial charge in [0, 0.05) is 0 Å². The van der Waals surface area contributed by atoms with Crippen LogP contribution in [0.1, 0.15) is 0 Å². The molecule has 116 valence electrons. The van der Waals surface area contributed by atoms with Crippen molar-refractivity contribution in [2.75, 3.05) is 18.0 Å². The molecule has 1 heterocycles. The van der Waals surface area contributed by atoms with Crippen LogP contribution in [0.5, 0.6) is 11.5 Å². The molecule has 0 radical (unpaired) electrons. The summed E-state index contributed by atoms with van der Waals surface area (Å²) in [6.07, 6.45) is 0. The Bertz CT molecular complexity index is 883. The minimum Gasteiger partial charge on any atom is -0.506 e. The maximum absolute atomic E-state index is 12.2. The van der Waals surface area contributed by atoms with Crippen LogP contribution in [0.3, 0.4) is 0 Å². The van der Waals surface area contributed by atoms with Crippen LogP contribution < -0.4 is 9.04 Å². The molecule has 1 N–H and O–H groups in total. The summed E-state index contributed by atoms with van der Waals surface area (Å²) in [7, 11) is -2.43. The van der Waals surface area contributed by atoms with E-state index in [1.165, 1.54) is 42.1 Å². The molecule has 1 fully saturated rings. The fourth-order valence-electron chi connectivity index (χ4n) is 2.26. The van der Waals surface area contributed by atoms with E-state index in [4.69, 9.17) is 4.74 Å². The van der Waals surface area contributed by atoms with Gasteiger partial charge in [-0.2, -0.15) is 10.9 Å². The molecule has 0 aromatic heterocycles. The molecule has 0 atom stereocenters. The quantitative estimate of drug-likeness (QED) is 0.576. The Morgan fingerprint density at radius 1 is 1.23 bits per heavy atom. The molecule has 0 saturated carbocycles. The highest BCUT2D eigenvalue weighted by atomic mass is 127. The third-order valence-electron chi connectivity index (χ3n) is 3.37. The van der Waals surface area contributed by atoms with Gasteiger partial charge in [0.05, 0.1) is 35.7 Å². The molecule has 2 aromatic rings. The summed E-state index contributed by atoms with van der Waals surface area (Å²) in [5, 5.41) is 11.6. The lowest BCUT2D eigenvalue weighted by Crippen LogP contribution is -2.28. The molecule has 1 saturated heterocycles. The Labute approximate surface area is 140 Å². The van der Waals surface area contributed by atoms with Crippen molar-refractivity contribution in [3.8, 4) is 11.5 Å². The van der Waals surface area contributed by atoms with E-state index in [1.54, 1.807) is 18.2 Å². The van der Waals surface area contributed by atoms with E-state index in [0.29, 0.717) is 13.7 Å². The third kappa shape index (κ3) is 2.24. The SMILES string of the molecule is COc1ccc2cc(O)c(N3CC(=O)N(I)S3(=O)=O)cc2c1. The zero-order chi connectivity index (χ0) is 16.1. The predicted octanol–water partition coefficient (Wildman–Crippen LogP) is 1.80.